The zero-order chi connectivity index (χ0) is 45.9. The molecule has 0 spiro atoms. The largest absolute Gasteiger partial charge is 0.256 e. The molecule has 0 saturated heterocycles. The minimum absolute atomic E-state index is 0.756. The van der Waals surface area contributed by atoms with Crippen molar-refractivity contribution >= 4 is 109 Å². The maximum Gasteiger partial charge on any atom is 0.0826 e. The maximum absolute atomic E-state index is 5.74. The van der Waals surface area contributed by atoms with Gasteiger partial charge < -0.3 is 0 Å². The summed E-state index contributed by atoms with van der Waals surface area (Å²) in [5, 5.41) is 10.1. The van der Waals surface area contributed by atoms with Crippen molar-refractivity contribution in [3.8, 4) is 44.8 Å². The van der Waals surface area contributed by atoms with Crippen LogP contribution in [0.3, 0.4) is 0 Å². The van der Waals surface area contributed by atoms with Gasteiger partial charge in [0.1, 0.15) is 0 Å². The normalized spacial score (nSPS) is 12.0. The minimum atomic E-state index is 0.756. The van der Waals surface area contributed by atoms with Crippen LogP contribution in [0, 0.1) is 0 Å². The Kier molecular flexibility index (Phi) is 8.20. The summed E-state index contributed by atoms with van der Waals surface area (Å²) in [5.41, 5.74) is 16.3. The first kappa shape index (κ1) is 38.4. The first-order valence-electron chi connectivity index (χ1n) is 23.3. The van der Waals surface area contributed by atoms with Crippen molar-refractivity contribution in [1.29, 1.82) is 0 Å². The van der Waals surface area contributed by atoms with Crippen LogP contribution in [0.1, 0.15) is 0 Å². The number of hydrogen-bond donors (Lipinski definition) is 0. The van der Waals surface area contributed by atoms with Gasteiger partial charge in [0.25, 0.3) is 0 Å². The van der Waals surface area contributed by atoms with Crippen molar-refractivity contribution in [1.82, 2.24) is 39.9 Å². The Balaban J connectivity index is 1.05. The Morgan fingerprint density at radius 1 is 0.271 bits per heavy atom. The summed E-state index contributed by atoms with van der Waals surface area (Å²) in [5.74, 6) is 0. The Morgan fingerprint density at radius 2 is 0.886 bits per heavy atom. The van der Waals surface area contributed by atoms with E-state index in [2.05, 4.69) is 163 Å². The molecule has 0 N–H and O–H groups in total. The van der Waals surface area contributed by atoms with Crippen LogP contribution in [0.5, 0.6) is 0 Å². The standard InChI is InChI=1S/C62H34N8/c1-3-15-49-36(9-1)30-46-41(11-5-17-54(46)67-49)39-32-48-53(65-33-39)23-19-35-20-25-56(69-60(35)48)58-57(42-12-6-18-55-47(42)31-37-10-2-4-16-50(37)68-55)45-22-26-52-44(14-8-28-64-52)62(45)70-61(58)40-29-38-21-24-51-43(13-7-27-63-51)59(38)66-34-40/h1-34H. The first-order valence-corrected chi connectivity index (χ1v) is 23.3. The predicted molar refractivity (Wildman–Crippen MR) is 286 cm³/mol. The molecular formula is C62H34N8. The number of pyridine rings is 8. The van der Waals surface area contributed by atoms with Crippen LogP contribution in [0.4, 0.5) is 0 Å². The SMILES string of the molecule is c1ccc2nc3cccc(-c4cnc5ccc6ccc(-c7c(-c8cnc9c(ccc%10ncccc%109)c8)nc8c(ccc9ncccc98)c7-c7cccc8nc9ccccc9cc78)nc6c5c4)c3cc2c1. The summed E-state index contributed by atoms with van der Waals surface area (Å²) < 4.78 is 0. The molecule has 15 rings (SSSR count). The third-order valence-electron chi connectivity index (χ3n) is 13.9. The van der Waals surface area contributed by atoms with E-state index < -0.39 is 0 Å². The highest BCUT2D eigenvalue weighted by atomic mass is 14.8. The van der Waals surface area contributed by atoms with Gasteiger partial charge in [0.15, 0.2) is 0 Å². The van der Waals surface area contributed by atoms with Gasteiger partial charge in [-0.2, -0.15) is 0 Å². The average molecular weight is 891 g/mol. The van der Waals surface area contributed by atoms with E-state index >= 15 is 0 Å². The number of benzene rings is 7. The topological polar surface area (TPSA) is 103 Å². The zero-order valence-corrected chi connectivity index (χ0v) is 37.2. The van der Waals surface area contributed by atoms with E-state index in [9.17, 15) is 0 Å². The van der Waals surface area contributed by atoms with E-state index in [0.29, 0.717) is 0 Å². The monoisotopic (exact) mass is 890 g/mol. The van der Waals surface area contributed by atoms with Crippen molar-refractivity contribution in [2.45, 2.75) is 0 Å². The molecule has 0 amide bonds. The van der Waals surface area contributed by atoms with Gasteiger partial charge in [-0.05, 0) is 114 Å². The van der Waals surface area contributed by atoms with Gasteiger partial charge in [-0.15, -0.1) is 0 Å². The van der Waals surface area contributed by atoms with E-state index in [4.69, 9.17) is 34.9 Å². The van der Waals surface area contributed by atoms with Crippen LogP contribution >= 0.6 is 0 Å². The molecule has 0 atom stereocenters. The van der Waals surface area contributed by atoms with E-state index in [1.54, 1.807) is 0 Å². The number of hydrogen-bond acceptors (Lipinski definition) is 8. The Labute approximate surface area is 398 Å². The molecule has 8 heteroatoms. The zero-order valence-electron chi connectivity index (χ0n) is 37.2. The fourth-order valence-electron chi connectivity index (χ4n) is 10.6. The summed E-state index contributed by atoms with van der Waals surface area (Å²) in [7, 11) is 0. The van der Waals surface area contributed by atoms with Gasteiger partial charge in [-0.1, -0.05) is 78.9 Å². The summed E-state index contributed by atoms with van der Waals surface area (Å²) >= 11 is 0. The lowest BCUT2D eigenvalue weighted by molar-refractivity contribution is 1.33. The summed E-state index contributed by atoms with van der Waals surface area (Å²) in [6.07, 6.45) is 7.57. The second-order valence-electron chi connectivity index (χ2n) is 17.9. The van der Waals surface area contributed by atoms with Crippen LogP contribution in [0.2, 0.25) is 0 Å². The third-order valence-corrected chi connectivity index (χ3v) is 13.9. The molecule has 0 aliphatic heterocycles. The molecule has 8 nitrogen and oxygen atoms in total. The molecule has 70 heavy (non-hydrogen) atoms. The molecule has 0 bridgehead atoms. The fraction of sp³-hybridized carbons (Fsp3) is 0. The lowest BCUT2D eigenvalue weighted by Crippen LogP contribution is -2.00. The Hall–Kier alpha value is -9.66. The summed E-state index contributed by atoms with van der Waals surface area (Å²) in [6.45, 7) is 0. The van der Waals surface area contributed by atoms with Crippen LogP contribution in [0.15, 0.2) is 207 Å². The summed E-state index contributed by atoms with van der Waals surface area (Å²) in [6, 6.07) is 63.3. The van der Waals surface area contributed by atoms with E-state index in [-0.39, 0.29) is 0 Å². The van der Waals surface area contributed by atoms with E-state index in [1.807, 2.05) is 49.1 Å². The molecule has 0 unspecified atom stereocenters. The number of para-hydroxylation sites is 2. The second-order valence-corrected chi connectivity index (χ2v) is 17.9. The maximum atomic E-state index is 5.74. The minimum Gasteiger partial charge on any atom is -0.256 e. The van der Waals surface area contributed by atoms with Gasteiger partial charge >= 0.3 is 0 Å². The number of nitrogens with zero attached hydrogens (tertiary/aromatic N) is 8. The van der Waals surface area contributed by atoms with Crippen LogP contribution in [0.25, 0.3) is 154 Å². The van der Waals surface area contributed by atoms with Crippen molar-refractivity contribution in [3.05, 3.63) is 207 Å². The molecule has 8 heterocycles. The van der Waals surface area contributed by atoms with Gasteiger partial charge in [0, 0.05) is 101 Å². The lowest BCUT2D eigenvalue weighted by atomic mass is 9.87. The number of fused-ring (bicyclic) bond motifs is 13. The molecule has 0 saturated carbocycles. The molecule has 322 valence electrons. The molecule has 0 aliphatic rings. The highest BCUT2D eigenvalue weighted by molar-refractivity contribution is 6.19. The number of rotatable bonds is 4. The van der Waals surface area contributed by atoms with E-state index in [0.717, 1.165) is 154 Å². The third kappa shape index (κ3) is 5.90. The molecule has 0 fully saturated rings. The fourth-order valence-corrected chi connectivity index (χ4v) is 10.6. The van der Waals surface area contributed by atoms with Crippen LogP contribution in [-0.4, -0.2) is 39.9 Å². The Bertz CT molecular complexity index is 4740. The Morgan fingerprint density at radius 3 is 1.64 bits per heavy atom. The second kappa shape index (κ2) is 14.9. The van der Waals surface area contributed by atoms with Gasteiger partial charge in [-0.3, -0.25) is 19.9 Å². The quantitative estimate of drug-likeness (QED) is 0.127. The smallest absolute Gasteiger partial charge is 0.0826 e. The first-order chi connectivity index (χ1) is 34.7. The number of aromatic nitrogens is 8. The van der Waals surface area contributed by atoms with Gasteiger partial charge in [0.05, 0.1) is 66.6 Å². The van der Waals surface area contributed by atoms with Gasteiger partial charge in [0.2, 0.25) is 0 Å². The highest BCUT2D eigenvalue weighted by Gasteiger charge is 2.25. The van der Waals surface area contributed by atoms with Crippen LogP contribution in [-0.2, 0) is 0 Å². The van der Waals surface area contributed by atoms with Crippen molar-refractivity contribution in [2.75, 3.05) is 0 Å². The van der Waals surface area contributed by atoms with Crippen LogP contribution < -0.4 is 0 Å². The summed E-state index contributed by atoms with van der Waals surface area (Å²) in [4.78, 5) is 41.4. The lowest BCUT2D eigenvalue weighted by Gasteiger charge is -2.20. The van der Waals surface area contributed by atoms with Crippen molar-refractivity contribution in [3.63, 3.8) is 0 Å². The molecule has 0 aliphatic carbocycles. The molecule has 15 aromatic rings. The molecular weight excluding hydrogens is 857 g/mol. The van der Waals surface area contributed by atoms with Crippen molar-refractivity contribution < 1.29 is 0 Å². The predicted octanol–water partition coefficient (Wildman–Crippen LogP) is 15.0. The molecule has 8 aromatic heterocycles. The average Bonchev–Trinajstić information content (AvgIpc) is 3.42. The molecule has 0 radical (unpaired) electrons. The van der Waals surface area contributed by atoms with Gasteiger partial charge in [-0.25, -0.2) is 19.9 Å². The highest BCUT2D eigenvalue weighted by Crippen LogP contribution is 2.47. The molecule has 7 aromatic carbocycles. The van der Waals surface area contributed by atoms with Crippen molar-refractivity contribution in [2.24, 2.45) is 0 Å². The van der Waals surface area contributed by atoms with E-state index in [1.165, 1.54) is 0 Å².